The van der Waals surface area contributed by atoms with Crippen molar-refractivity contribution in [3.05, 3.63) is 89.7 Å². The summed E-state index contributed by atoms with van der Waals surface area (Å²) in [6, 6.07) is 15.3. The molecule has 3 heterocycles. The average Bonchev–Trinajstić information content (AvgIpc) is 3.74. The molecule has 0 atom stereocenters. The molecule has 0 unspecified atom stereocenters. The summed E-state index contributed by atoms with van der Waals surface area (Å²) in [5.41, 5.74) is 7.53. The second-order valence-corrected chi connectivity index (χ2v) is 14.5. The zero-order valence-electron chi connectivity index (χ0n) is 21.6. The summed E-state index contributed by atoms with van der Waals surface area (Å²) in [6.07, 6.45) is 7.31. The number of nitrogens with zero attached hydrogens (tertiary/aromatic N) is 3. The van der Waals surface area contributed by atoms with Gasteiger partial charge in [-0.15, -0.1) is 11.3 Å². The van der Waals surface area contributed by atoms with Crippen LogP contribution >= 0.6 is 11.3 Å². The number of ketones is 1. The van der Waals surface area contributed by atoms with Gasteiger partial charge in [0.25, 0.3) is 10.0 Å². The zero-order chi connectivity index (χ0) is 28.8. The normalized spacial score (nSPS) is 14.4. The average molecular weight is 608 g/mol. The van der Waals surface area contributed by atoms with Gasteiger partial charge in [0.05, 0.1) is 20.7 Å². The molecule has 1 aliphatic carbocycles. The fourth-order valence-electron chi connectivity index (χ4n) is 5.14. The molecule has 6 rings (SSSR count). The van der Waals surface area contributed by atoms with Gasteiger partial charge in [0.15, 0.2) is 5.78 Å². The van der Waals surface area contributed by atoms with Crippen molar-refractivity contribution in [2.24, 2.45) is 0 Å². The largest absolute Gasteiger partial charge is 0.383 e. The third kappa shape index (κ3) is 5.00. The second-order valence-electron chi connectivity index (χ2n) is 9.78. The Morgan fingerprint density at radius 1 is 0.951 bits per heavy atom. The van der Waals surface area contributed by atoms with Crippen molar-refractivity contribution in [1.29, 1.82) is 0 Å². The van der Waals surface area contributed by atoms with Gasteiger partial charge in [0, 0.05) is 28.9 Å². The van der Waals surface area contributed by atoms with Gasteiger partial charge >= 0.3 is 0 Å². The summed E-state index contributed by atoms with van der Waals surface area (Å²) in [5.74, 6) is -0.146. The number of sulfonamides is 1. The number of carbonyl (C=O) groups is 1. The molecule has 2 aromatic carbocycles. The lowest BCUT2D eigenvalue weighted by molar-refractivity contribution is 0.104. The standard InChI is InChI=1S/C28H25N5O5S3/c29-27-25-23(15-33(20-9-4-5-10-20)28(25)31-17-30-27)26(34)18-7-6-8-19(13-18)32-41(37,38)24-14-22(16-39-24)40(35,36)21-11-2-1-3-12-21/h1-3,6-8,11-17,20,32H,4-5,9-10H2,(H2,29,30,31). The van der Waals surface area contributed by atoms with Gasteiger partial charge in [0.1, 0.15) is 22.0 Å². The van der Waals surface area contributed by atoms with Crippen molar-refractivity contribution < 1.29 is 21.6 Å². The molecule has 0 spiro atoms. The number of sulfone groups is 1. The highest BCUT2D eigenvalue weighted by molar-refractivity contribution is 7.95. The van der Waals surface area contributed by atoms with E-state index in [1.807, 2.05) is 4.57 Å². The van der Waals surface area contributed by atoms with Crippen LogP contribution in [0, 0.1) is 0 Å². The molecule has 1 fully saturated rings. The molecule has 0 aliphatic heterocycles. The second kappa shape index (κ2) is 10.4. The topological polar surface area (TPSA) is 154 Å². The van der Waals surface area contributed by atoms with E-state index in [0.717, 1.165) is 43.1 Å². The van der Waals surface area contributed by atoms with Crippen LogP contribution in [0.1, 0.15) is 47.6 Å². The maximum atomic E-state index is 13.7. The van der Waals surface area contributed by atoms with Gasteiger partial charge in [-0.3, -0.25) is 9.52 Å². The molecule has 0 amide bonds. The van der Waals surface area contributed by atoms with Crippen LogP contribution in [0.25, 0.3) is 11.0 Å². The van der Waals surface area contributed by atoms with Crippen LogP contribution < -0.4 is 10.5 Å². The Bertz CT molecular complexity index is 2000. The minimum atomic E-state index is -4.14. The lowest BCUT2D eigenvalue weighted by atomic mass is 10.0. The van der Waals surface area contributed by atoms with Crippen molar-refractivity contribution in [2.45, 2.75) is 45.7 Å². The molecule has 13 heteroatoms. The van der Waals surface area contributed by atoms with E-state index in [1.165, 1.54) is 36.0 Å². The zero-order valence-corrected chi connectivity index (χ0v) is 24.0. The molecule has 0 saturated heterocycles. The Morgan fingerprint density at radius 2 is 1.71 bits per heavy atom. The maximum Gasteiger partial charge on any atom is 0.271 e. The number of hydrogen-bond acceptors (Lipinski definition) is 9. The van der Waals surface area contributed by atoms with Crippen molar-refractivity contribution in [3.63, 3.8) is 0 Å². The molecule has 3 aromatic heterocycles. The van der Waals surface area contributed by atoms with Crippen molar-refractivity contribution in [3.8, 4) is 0 Å². The number of benzene rings is 2. The number of fused-ring (bicyclic) bond motifs is 1. The molecular weight excluding hydrogens is 583 g/mol. The molecular formula is C28H25N5O5S3. The van der Waals surface area contributed by atoms with Crippen LogP contribution in [0.2, 0.25) is 0 Å². The number of nitrogen functional groups attached to an aromatic ring is 1. The van der Waals surface area contributed by atoms with Gasteiger partial charge in [-0.2, -0.15) is 0 Å². The Kier molecular flexibility index (Phi) is 6.88. The minimum absolute atomic E-state index is 0.0706. The predicted octanol–water partition coefficient (Wildman–Crippen LogP) is 5.05. The van der Waals surface area contributed by atoms with Gasteiger partial charge in [0.2, 0.25) is 9.84 Å². The Hall–Kier alpha value is -4.07. The highest BCUT2D eigenvalue weighted by Crippen LogP contribution is 2.36. The lowest BCUT2D eigenvalue weighted by Crippen LogP contribution is -2.12. The predicted molar refractivity (Wildman–Crippen MR) is 156 cm³/mol. The summed E-state index contributed by atoms with van der Waals surface area (Å²) in [4.78, 5) is 22.2. The Balaban J connectivity index is 1.29. The number of nitrogens with one attached hydrogen (secondary N) is 1. The fourth-order valence-corrected chi connectivity index (χ4v) is 9.10. The molecule has 0 bridgehead atoms. The summed E-state index contributed by atoms with van der Waals surface area (Å²) >= 11 is 0.795. The van der Waals surface area contributed by atoms with Gasteiger partial charge < -0.3 is 10.3 Å². The van der Waals surface area contributed by atoms with Crippen LogP contribution in [0.4, 0.5) is 11.5 Å². The fraction of sp³-hybridized carbons (Fsp3) is 0.179. The smallest absolute Gasteiger partial charge is 0.271 e. The number of thiophene rings is 1. The number of anilines is 2. The Morgan fingerprint density at radius 3 is 2.46 bits per heavy atom. The van der Waals surface area contributed by atoms with Crippen LogP contribution in [0.3, 0.4) is 0 Å². The first-order valence-corrected chi connectivity index (χ1v) is 16.7. The maximum absolute atomic E-state index is 13.7. The van der Waals surface area contributed by atoms with Crippen molar-refractivity contribution >= 4 is 59.5 Å². The van der Waals surface area contributed by atoms with Crippen LogP contribution in [0.15, 0.2) is 92.6 Å². The van der Waals surface area contributed by atoms with E-state index in [4.69, 9.17) is 5.73 Å². The quantitative estimate of drug-likeness (QED) is 0.232. The molecule has 1 aliphatic rings. The summed E-state index contributed by atoms with van der Waals surface area (Å²) in [7, 11) is -8.02. The summed E-state index contributed by atoms with van der Waals surface area (Å²) in [6.45, 7) is 0. The summed E-state index contributed by atoms with van der Waals surface area (Å²) < 4.78 is 56.5. The first-order chi connectivity index (χ1) is 19.6. The SMILES string of the molecule is Nc1ncnc2c1c(C(=O)c1cccc(NS(=O)(=O)c3cc(S(=O)(=O)c4ccccc4)cs3)c1)cn2C1CCCC1. The van der Waals surface area contributed by atoms with E-state index in [2.05, 4.69) is 14.7 Å². The van der Waals surface area contributed by atoms with Crippen molar-refractivity contribution in [2.75, 3.05) is 10.5 Å². The number of rotatable bonds is 8. The first kappa shape index (κ1) is 27.1. The number of nitrogens with two attached hydrogens (primary N) is 1. The number of aromatic nitrogens is 3. The lowest BCUT2D eigenvalue weighted by Gasteiger charge is -2.12. The van der Waals surface area contributed by atoms with E-state index in [9.17, 15) is 21.6 Å². The molecule has 41 heavy (non-hydrogen) atoms. The van der Waals surface area contributed by atoms with Gasteiger partial charge in [-0.1, -0.05) is 43.2 Å². The monoisotopic (exact) mass is 607 g/mol. The molecule has 210 valence electrons. The number of carbonyl (C=O) groups excluding carboxylic acids is 1. The minimum Gasteiger partial charge on any atom is -0.383 e. The van der Waals surface area contributed by atoms with E-state index >= 15 is 0 Å². The van der Waals surface area contributed by atoms with Crippen LogP contribution in [-0.4, -0.2) is 37.2 Å². The van der Waals surface area contributed by atoms with E-state index in [1.54, 1.807) is 36.5 Å². The third-order valence-electron chi connectivity index (χ3n) is 7.16. The third-order valence-corrected chi connectivity index (χ3v) is 11.9. The van der Waals surface area contributed by atoms with Gasteiger partial charge in [-0.25, -0.2) is 26.8 Å². The van der Waals surface area contributed by atoms with E-state index in [-0.39, 0.29) is 42.9 Å². The van der Waals surface area contributed by atoms with Crippen LogP contribution in [-0.2, 0) is 19.9 Å². The highest BCUT2D eigenvalue weighted by atomic mass is 32.2. The van der Waals surface area contributed by atoms with E-state index < -0.39 is 19.9 Å². The molecule has 0 radical (unpaired) electrons. The number of hydrogen-bond donors (Lipinski definition) is 2. The van der Waals surface area contributed by atoms with E-state index in [0.29, 0.717) is 16.6 Å². The van der Waals surface area contributed by atoms with Crippen LogP contribution in [0.5, 0.6) is 0 Å². The highest BCUT2D eigenvalue weighted by Gasteiger charge is 2.27. The molecule has 3 N–H and O–H groups in total. The van der Waals surface area contributed by atoms with Gasteiger partial charge in [-0.05, 0) is 43.2 Å². The van der Waals surface area contributed by atoms with Crippen molar-refractivity contribution in [1.82, 2.24) is 14.5 Å². The molecule has 1 saturated carbocycles. The first-order valence-electron chi connectivity index (χ1n) is 12.8. The molecule has 5 aromatic rings. The Labute approximate surface area is 240 Å². The summed E-state index contributed by atoms with van der Waals surface area (Å²) in [5, 5.41) is 1.77. The molecule has 10 nitrogen and oxygen atoms in total.